The van der Waals surface area contributed by atoms with Crippen LogP contribution in [0, 0.1) is 0 Å². The molecule has 2 rings (SSSR count). The molecule has 0 unspecified atom stereocenters. The van der Waals surface area contributed by atoms with Crippen LogP contribution in [0.15, 0.2) is 24.3 Å². The largest absolute Gasteiger partial charge is 0.497 e. The van der Waals surface area contributed by atoms with Gasteiger partial charge < -0.3 is 15.4 Å². The van der Waals surface area contributed by atoms with Crippen molar-refractivity contribution in [1.82, 2.24) is 10.6 Å². The van der Waals surface area contributed by atoms with Crippen LogP contribution in [-0.2, 0) is 6.54 Å². The normalized spacial score (nSPS) is 23.6. The molecule has 1 heterocycles. The molecular formula is C13H17F3N2O. The van der Waals surface area contributed by atoms with E-state index in [1.54, 1.807) is 7.11 Å². The molecule has 0 radical (unpaired) electrons. The van der Waals surface area contributed by atoms with E-state index in [1.165, 1.54) is 0 Å². The number of halogens is 3. The number of methoxy groups -OCH3 is 1. The molecular weight excluding hydrogens is 257 g/mol. The average Bonchev–Trinajstić information content (AvgIpc) is 2.86. The maximum absolute atomic E-state index is 12.5. The Morgan fingerprint density at radius 1 is 1.32 bits per heavy atom. The molecule has 0 bridgehead atoms. The highest BCUT2D eigenvalue weighted by Gasteiger charge is 2.43. The van der Waals surface area contributed by atoms with Crippen molar-refractivity contribution in [2.45, 2.75) is 31.2 Å². The Balaban J connectivity index is 1.80. The molecule has 2 atom stereocenters. The molecule has 0 aliphatic carbocycles. The third-order valence-corrected chi connectivity index (χ3v) is 3.28. The second-order valence-corrected chi connectivity index (χ2v) is 4.66. The zero-order valence-electron chi connectivity index (χ0n) is 10.6. The molecule has 1 saturated heterocycles. The van der Waals surface area contributed by atoms with E-state index < -0.39 is 12.2 Å². The van der Waals surface area contributed by atoms with E-state index in [-0.39, 0.29) is 12.5 Å². The summed E-state index contributed by atoms with van der Waals surface area (Å²) in [5.74, 6) is 0.767. The van der Waals surface area contributed by atoms with Gasteiger partial charge in [0.25, 0.3) is 0 Å². The molecule has 3 nitrogen and oxygen atoms in total. The molecule has 106 valence electrons. The van der Waals surface area contributed by atoms with Crippen molar-refractivity contribution in [2.75, 3.05) is 13.7 Å². The Kier molecular flexibility index (Phi) is 4.31. The van der Waals surface area contributed by atoms with Crippen LogP contribution in [0.1, 0.15) is 12.0 Å². The van der Waals surface area contributed by atoms with Crippen LogP contribution < -0.4 is 15.4 Å². The Bertz CT molecular complexity index is 405. The van der Waals surface area contributed by atoms with Crippen LogP contribution in [0.25, 0.3) is 0 Å². The number of benzene rings is 1. The molecule has 0 spiro atoms. The van der Waals surface area contributed by atoms with Crippen molar-refractivity contribution in [3.8, 4) is 5.75 Å². The minimum Gasteiger partial charge on any atom is -0.497 e. The van der Waals surface area contributed by atoms with Gasteiger partial charge in [-0.3, -0.25) is 0 Å². The van der Waals surface area contributed by atoms with Gasteiger partial charge in [0.05, 0.1) is 7.11 Å². The number of hydrogen-bond acceptors (Lipinski definition) is 3. The molecule has 1 fully saturated rings. The molecule has 1 aromatic rings. The smallest absolute Gasteiger partial charge is 0.403 e. The van der Waals surface area contributed by atoms with Gasteiger partial charge in [-0.2, -0.15) is 13.2 Å². The van der Waals surface area contributed by atoms with Gasteiger partial charge in [0.2, 0.25) is 0 Å². The lowest BCUT2D eigenvalue weighted by molar-refractivity contribution is -0.152. The summed E-state index contributed by atoms with van der Waals surface area (Å²) in [4.78, 5) is 0. The molecule has 6 heteroatoms. The standard InChI is InChI=1S/C13H17F3N2O/c1-19-11-4-2-9(3-5-11)7-17-10-6-12(18-8-10)13(14,15)16/h2-5,10,12,17-18H,6-8H2,1H3/t10-,12-/m0/s1. The van der Waals surface area contributed by atoms with Crippen molar-refractivity contribution < 1.29 is 17.9 Å². The predicted octanol–water partition coefficient (Wildman–Crippen LogP) is 2.08. The van der Waals surface area contributed by atoms with E-state index in [1.807, 2.05) is 24.3 Å². The van der Waals surface area contributed by atoms with Gasteiger partial charge in [-0.05, 0) is 24.1 Å². The Morgan fingerprint density at radius 3 is 2.53 bits per heavy atom. The summed E-state index contributed by atoms with van der Waals surface area (Å²) in [6, 6.07) is 5.94. The van der Waals surface area contributed by atoms with E-state index in [9.17, 15) is 13.2 Å². The summed E-state index contributed by atoms with van der Waals surface area (Å²) < 4.78 is 42.5. The number of hydrogen-bond donors (Lipinski definition) is 2. The lowest BCUT2D eigenvalue weighted by atomic mass is 10.1. The fraction of sp³-hybridized carbons (Fsp3) is 0.538. The van der Waals surface area contributed by atoms with Crippen LogP contribution in [-0.4, -0.2) is 31.9 Å². The van der Waals surface area contributed by atoms with Gasteiger partial charge in [0.1, 0.15) is 11.8 Å². The Labute approximate surface area is 110 Å². The van der Waals surface area contributed by atoms with Crippen LogP contribution in [0.5, 0.6) is 5.75 Å². The first kappa shape index (κ1) is 14.1. The minimum atomic E-state index is -4.16. The lowest BCUT2D eigenvalue weighted by Gasteiger charge is -2.15. The quantitative estimate of drug-likeness (QED) is 0.882. The number of nitrogens with one attached hydrogen (secondary N) is 2. The molecule has 1 aromatic carbocycles. The first-order valence-electron chi connectivity index (χ1n) is 6.15. The summed E-state index contributed by atoms with van der Waals surface area (Å²) >= 11 is 0. The predicted molar refractivity (Wildman–Crippen MR) is 66.1 cm³/mol. The van der Waals surface area contributed by atoms with Crippen molar-refractivity contribution >= 4 is 0 Å². The lowest BCUT2D eigenvalue weighted by Crippen LogP contribution is -2.36. The van der Waals surface area contributed by atoms with Crippen LogP contribution in [0.3, 0.4) is 0 Å². The van der Waals surface area contributed by atoms with Gasteiger partial charge in [-0.25, -0.2) is 0 Å². The minimum absolute atomic E-state index is 0.0830. The maximum atomic E-state index is 12.5. The summed E-state index contributed by atoms with van der Waals surface area (Å²) in [6.07, 6.45) is -4.07. The summed E-state index contributed by atoms with van der Waals surface area (Å²) in [5, 5.41) is 5.63. The zero-order chi connectivity index (χ0) is 13.9. The first-order chi connectivity index (χ1) is 8.99. The van der Waals surface area contributed by atoms with Crippen LogP contribution in [0.4, 0.5) is 13.2 Å². The number of alkyl halides is 3. The summed E-state index contributed by atoms with van der Waals surface area (Å²) in [6.45, 7) is 0.904. The summed E-state index contributed by atoms with van der Waals surface area (Å²) in [7, 11) is 1.59. The van der Waals surface area contributed by atoms with E-state index >= 15 is 0 Å². The monoisotopic (exact) mass is 274 g/mol. The van der Waals surface area contributed by atoms with E-state index in [4.69, 9.17) is 4.74 Å². The van der Waals surface area contributed by atoms with Gasteiger partial charge in [0.15, 0.2) is 0 Å². The van der Waals surface area contributed by atoms with E-state index in [0.29, 0.717) is 13.1 Å². The van der Waals surface area contributed by atoms with Gasteiger partial charge in [-0.1, -0.05) is 12.1 Å². The van der Waals surface area contributed by atoms with Crippen molar-refractivity contribution in [1.29, 1.82) is 0 Å². The second kappa shape index (κ2) is 5.79. The van der Waals surface area contributed by atoms with Gasteiger partial charge >= 0.3 is 6.18 Å². The number of ether oxygens (including phenoxy) is 1. The molecule has 0 saturated carbocycles. The third-order valence-electron chi connectivity index (χ3n) is 3.28. The number of rotatable bonds is 4. The highest BCUT2D eigenvalue weighted by atomic mass is 19.4. The second-order valence-electron chi connectivity index (χ2n) is 4.66. The molecule has 1 aliphatic rings. The highest BCUT2D eigenvalue weighted by molar-refractivity contribution is 5.27. The van der Waals surface area contributed by atoms with E-state index in [0.717, 1.165) is 11.3 Å². The fourth-order valence-electron chi connectivity index (χ4n) is 2.15. The summed E-state index contributed by atoms with van der Waals surface area (Å²) in [5.41, 5.74) is 1.02. The van der Waals surface area contributed by atoms with Crippen LogP contribution >= 0.6 is 0 Å². The van der Waals surface area contributed by atoms with Crippen molar-refractivity contribution in [2.24, 2.45) is 0 Å². The SMILES string of the molecule is COc1ccc(CN[C@@H]2CN[C@H](C(F)(F)F)C2)cc1. The fourth-order valence-corrected chi connectivity index (χ4v) is 2.15. The zero-order valence-corrected chi connectivity index (χ0v) is 10.6. The van der Waals surface area contributed by atoms with Gasteiger partial charge in [0, 0.05) is 19.1 Å². The molecule has 0 aromatic heterocycles. The Morgan fingerprint density at radius 2 is 2.00 bits per heavy atom. The molecule has 19 heavy (non-hydrogen) atoms. The highest BCUT2D eigenvalue weighted by Crippen LogP contribution is 2.26. The van der Waals surface area contributed by atoms with E-state index in [2.05, 4.69) is 10.6 Å². The molecule has 0 amide bonds. The third kappa shape index (κ3) is 3.84. The van der Waals surface area contributed by atoms with Gasteiger partial charge in [-0.15, -0.1) is 0 Å². The Hall–Kier alpha value is -1.27. The van der Waals surface area contributed by atoms with Crippen LogP contribution in [0.2, 0.25) is 0 Å². The van der Waals surface area contributed by atoms with Crippen molar-refractivity contribution in [3.63, 3.8) is 0 Å². The molecule has 1 aliphatic heterocycles. The molecule has 2 N–H and O–H groups in total. The average molecular weight is 274 g/mol. The first-order valence-corrected chi connectivity index (χ1v) is 6.15. The van der Waals surface area contributed by atoms with Crippen molar-refractivity contribution in [3.05, 3.63) is 29.8 Å². The maximum Gasteiger partial charge on any atom is 0.403 e. The topological polar surface area (TPSA) is 33.3 Å².